The van der Waals surface area contributed by atoms with Crippen molar-refractivity contribution in [2.24, 2.45) is 11.7 Å². The Morgan fingerprint density at radius 2 is 1.89 bits per heavy atom. The molecule has 1 aliphatic heterocycles. The minimum absolute atomic E-state index is 0.229. The molecule has 0 aromatic heterocycles. The molecule has 0 amide bonds. The molecule has 1 heterocycles. The van der Waals surface area contributed by atoms with Gasteiger partial charge in [-0.25, -0.2) is 12.7 Å². The van der Waals surface area contributed by atoms with Gasteiger partial charge in [0, 0.05) is 13.6 Å². The summed E-state index contributed by atoms with van der Waals surface area (Å²) in [7, 11) is 0.738. The number of rotatable bonds is 7. The van der Waals surface area contributed by atoms with E-state index >= 15 is 0 Å². The van der Waals surface area contributed by atoms with Crippen LogP contribution in [0.25, 0.3) is 0 Å². The highest BCUT2D eigenvalue weighted by Crippen LogP contribution is 2.18. The van der Waals surface area contributed by atoms with E-state index in [2.05, 4.69) is 11.9 Å². The molecular formula is C12H27N3O2S. The van der Waals surface area contributed by atoms with Crippen LogP contribution in [0.3, 0.4) is 0 Å². The lowest BCUT2D eigenvalue weighted by Crippen LogP contribution is -2.38. The molecule has 1 aliphatic rings. The van der Waals surface area contributed by atoms with Gasteiger partial charge in [0.15, 0.2) is 0 Å². The Morgan fingerprint density at radius 1 is 1.28 bits per heavy atom. The maximum atomic E-state index is 12.0. The van der Waals surface area contributed by atoms with Crippen LogP contribution in [0.15, 0.2) is 0 Å². The first-order valence-corrected chi connectivity index (χ1v) is 8.39. The van der Waals surface area contributed by atoms with E-state index in [0.717, 1.165) is 32.4 Å². The van der Waals surface area contributed by atoms with Gasteiger partial charge in [-0.15, -0.1) is 0 Å². The molecular weight excluding hydrogens is 250 g/mol. The Hall–Kier alpha value is -0.170. The van der Waals surface area contributed by atoms with Crippen molar-refractivity contribution in [1.29, 1.82) is 0 Å². The van der Waals surface area contributed by atoms with Gasteiger partial charge in [0.25, 0.3) is 0 Å². The van der Waals surface area contributed by atoms with Gasteiger partial charge in [0.2, 0.25) is 10.0 Å². The zero-order valence-corrected chi connectivity index (χ0v) is 12.5. The van der Waals surface area contributed by atoms with Crippen LogP contribution in [0.1, 0.15) is 25.7 Å². The molecule has 1 rings (SSSR count). The SMILES string of the molecule is CN1CCC(CN(C)S(=O)(=O)CCCCN)CC1. The number of sulfonamides is 1. The fourth-order valence-electron chi connectivity index (χ4n) is 2.31. The van der Waals surface area contributed by atoms with Crippen LogP contribution in [0.2, 0.25) is 0 Å². The largest absolute Gasteiger partial charge is 0.330 e. The van der Waals surface area contributed by atoms with Crippen LogP contribution in [-0.4, -0.2) is 63.7 Å². The predicted molar refractivity (Wildman–Crippen MR) is 74.9 cm³/mol. The lowest BCUT2D eigenvalue weighted by atomic mass is 9.97. The Morgan fingerprint density at radius 3 is 2.44 bits per heavy atom. The second-order valence-corrected chi connectivity index (χ2v) is 7.53. The summed E-state index contributed by atoms with van der Waals surface area (Å²) < 4.78 is 25.6. The molecule has 0 radical (unpaired) electrons. The fourth-order valence-corrected chi connectivity index (χ4v) is 3.62. The fraction of sp³-hybridized carbons (Fsp3) is 1.00. The highest BCUT2D eigenvalue weighted by molar-refractivity contribution is 7.89. The highest BCUT2D eigenvalue weighted by Gasteiger charge is 2.23. The zero-order valence-electron chi connectivity index (χ0n) is 11.6. The minimum atomic E-state index is -3.08. The summed E-state index contributed by atoms with van der Waals surface area (Å²) in [6, 6.07) is 0. The normalized spacial score (nSPS) is 19.6. The Labute approximate surface area is 111 Å². The number of hydrogen-bond acceptors (Lipinski definition) is 4. The minimum Gasteiger partial charge on any atom is -0.330 e. The Balaban J connectivity index is 2.36. The van der Waals surface area contributed by atoms with Crippen molar-refractivity contribution in [2.45, 2.75) is 25.7 Å². The van der Waals surface area contributed by atoms with Crippen molar-refractivity contribution >= 4 is 10.0 Å². The Bertz CT molecular complexity index is 324. The first kappa shape index (κ1) is 15.9. The molecule has 0 spiro atoms. The average Bonchev–Trinajstić information content (AvgIpc) is 2.32. The molecule has 6 heteroatoms. The van der Waals surface area contributed by atoms with Gasteiger partial charge < -0.3 is 10.6 Å². The van der Waals surface area contributed by atoms with E-state index in [1.54, 1.807) is 11.4 Å². The third-order valence-corrected chi connectivity index (χ3v) is 5.59. The third-order valence-electron chi connectivity index (χ3n) is 3.68. The van der Waals surface area contributed by atoms with Crippen molar-refractivity contribution < 1.29 is 8.42 Å². The van der Waals surface area contributed by atoms with Crippen molar-refractivity contribution in [1.82, 2.24) is 9.21 Å². The molecule has 0 aromatic rings. The van der Waals surface area contributed by atoms with E-state index in [-0.39, 0.29) is 5.75 Å². The summed E-state index contributed by atoms with van der Waals surface area (Å²) in [4.78, 5) is 2.30. The predicted octanol–water partition coefficient (Wildman–Crippen LogP) is 0.329. The molecule has 5 nitrogen and oxygen atoms in total. The molecule has 108 valence electrons. The summed E-state index contributed by atoms with van der Waals surface area (Å²) in [5, 5.41) is 0. The first-order valence-electron chi connectivity index (χ1n) is 6.78. The van der Waals surface area contributed by atoms with Crippen LogP contribution in [0.4, 0.5) is 0 Å². The molecule has 2 N–H and O–H groups in total. The van der Waals surface area contributed by atoms with Crippen LogP contribution >= 0.6 is 0 Å². The smallest absolute Gasteiger partial charge is 0.213 e. The van der Waals surface area contributed by atoms with Gasteiger partial charge in [-0.3, -0.25) is 0 Å². The maximum absolute atomic E-state index is 12.0. The number of nitrogens with zero attached hydrogens (tertiary/aromatic N) is 2. The van der Waals surface area contributed by atoms with Gasteiger partial charge in [-0.05, 0) is 58.3 Å². The van der Waals surface area contributed by atoms with E-state index in [1.165, 1.54) is 0 Å². The third kappa shape index (κ3) is 5.22. The molecule has 0 unspecified atom stereocenters. The molecule has 0 atom stereocenters. The summed E-state index contributed by atoms with van der Waals surface area (Å²) in [5.41, 5.74) is 5.38. The summed E-state index contributed by atoms with van der Waals surface area (Å²) >= 11 is 0. The number of hydrogen-bond donors (Lipinski definition) is 1. The zero-order chi connectivity index (χ0) is 13.6. The van der Waals surface area contributed by atoms with Crippen LogP contribution in [0.5, 0.6) is 0 Å². The van der Waals surface area contributed by atoms with Gasteiger partial charge >= 0.3 is 0 Å². The summed E-state index contributed by atoms with van der Waals surface area (Å²) in [6.07, 6.45) is 3.64. The topological polar surface area (TPSA) is 66.6 Å². The van der Waals surface area contributed by atoms with Crippen LogP contribution < -0.4 is 5.73 Å². The van der Waals surface area contributed by atoms with Crippen molar-refractivity contribution in [2.75, 3.05) is 46.0 Å². The standard InChI is InChI=1S/C12H27N3O2S/c1-14-8-5-12(6-9-14)11-15(2)18(16,17)10-4-3-7-13/h12H,3-11,13H2,1-2H3. The van der Waals surface area contributed by atoms with Crippen molar-refractivity contribution in [3.05, 3.63) is 0 Å². The molecule has 0 aliphatic carbocycles. The first-order chi connectivity index (χ1) is 8.45. The van der Waals surface area contributed by atoms with Gasteiger partial charge in [-0.2, -0.15) is 0 Å². The van der Waals surface area contributed by atoms with Gasteiger partial charge in [0.05, 0.1) is 5.75 Å². The van der Waals surface area contributed by atoms with E-state index in [9.17, 15) is 8.42 Å². The van der Waals surface area contributed by atoms with Crippen LogP contribution in [-0.2, 0) is 10.0 Å². The second-order valence-electron chi connectivity index (χ2n) is 5.34. The second kappa shape index (κ2) is 7.43. The van der Waals surface area contributed by atoms with Crippen molar-refractivity contribution in [3.63, 3.8) is 0 Å². The molecule has 0 saturated carbocycles. The van der Waals surface area contributed by atoms with Gasteiger partial charge in [0.1, 0.15) is 0 Å². The van der Waals surface area contributed by atoms with Gasteiger partial charge in [-0.1, -0.05) is 0 Å². The number of nitrogens with two attached hydrogens (primary N) is 1. The molecule has 1 fully saturated rings. The van der Waals surface area contributed by atoms with E-state index in [1.807, 2.05) is 0 Å². The van der Waals surface area contributed by atoms with E-state index < -0.39 is 10.0 Å². The molecule has 0 bridgehead atoms. The Kier molecular flexibility index (Phi) is 6.55. The number of piperidine rings is 1. The lowest BCUT2D eigenvalue weighted by Gasteiger charge is -2.31. The summed E-state index contributed by atoms with van der Waals surface area (Å²) in [6.45, 7) is 3.38. The number of likely N-dealkylation sites (tertiary alicyclic amines) is 1. The average molecular weight is 277 g/mol. The number of unbranched alkanes of at least 4 members (excludes halogenated alkanes) is 1. The van der Waals surface area contributed by atoms with E-state index in [4.69, 9.17) is 5.73 Å². The molecule has 0 aromatic carbocycles. The monoisotopic (exact) mass is 277 g/mol. The van der Waals surface area contributed by atoms with E-state index in [0.29, 0.717) is 25.4 Å². The molecule has 1 saturated heterocycles. The molecule has 18 heavy (non-hydrogen) atoms. The maximum Gasteiger partial charge on any atom is 0.213 e. The van der Waals surface area contributed by atoms with Crippen molar-refractivity contribution in [3.8, 4) is 0 Å². The summed E-state index contributed by atoms with van der Waals surface area (Å²) in [5.74, 6) is 0.739. The lowest BCUT2D eigenvalue weighted by molar-refractivity contribution is 0.202. The quantitative estimate of drug-likeness (QED) is 0.681. The highest BCUT2D eigenvalue weighted by atomic mass is 32.2. The van der Waals surface area contributed by atoms with Crippen LogP contribution in [0, 0.1) is 5.92 Å².